The minimum absolute atomic E-state index is 0.408. The van der Waals surface area contributed by atoms with Crippen LogP contribution in [0.5, 0.6) is 0 Å². The minimum atomic E-state index is 0.408. The van der Waals surface area contributed by atoms with Crippen molar-refractivity contribution < 1.29 is 14.6 Å². The summed E-state index contributed by atoms with van der Waals surface area (Å²) < 4.78 is 4.81. The zero-order valence-corrected chi connectivity index (χ0v) is 14.9. The smallest absolute Gasteiger partial charge is 0.0720 e. The number of benzene rings is 1. The zero-order valence-electron chi connectivity index (χ0n) is 14.1. The van der Waals surface area contributed by atoms with Gasteiger partial charge in [-0.3, -0.25) is 0 Å². The van der Waals surface area contributed by atoms with E-state index in [2.05, 4.69) is 44.9 Å². The number of hydrogen-bond acceptors (Lipinski definition) is 4. The van der Waals surface area contributed by atoms with Gasteiger partial charge >= 0.3 is 0 Å². The van der Waals surface area contributed by atoms with Gasteiger partial charge < -0.3 is 0 Å². The molecule has 1 fully saturated rings. The summed E-state index contributed by atoms with van der Waals surface area (Å²) in [5.74, 6) is 1.51. The highest BCUT2D eigenvalue weighted by atomic mass is 32.2. The highest BCUT2D eigenvalue weighted by Gasteiger charge is 2.24. The SMILES string of the molecule is CC(C)c1cc(C(C)C)c(SOOO)c(C2CCCCC2)c1. The molecular weight excluding hydrogens is 296 g/mol. The molecule has 0 radical (unpaired) electrons. The Labute approximate surface area is 138 Å². The summed E-state index contributed by atoms with van der Waals surface area (Å²) in [7, 11) is 0. The molecule has 1 N–H and O–H groups in total. The van der Waals surface area contributed by atoms with E-state index in [9.17, 15) is 0 Å². The van der Waals surface area contributed by atoms with Gasteiger partial charge in [0.15, 0.2) is 0 Å². The first-order chi connectivity index (χ1) is 10.5. The summed E-state index contributed by atoms with van der Waals surface area (Å²) in [5.41, 5.74) is 4.05. The van der Waals surface area contributed by atoms with Gasteiger partial charge in [0.1, 0.15) is 0 Å². The maximum Gasteiger partial charge on any atom is 0.0720 e. The monoisotopic (exact) mass is 324 g/mol. The van der Waals surface area contributed by atoms with E-state index in [0.717, 1.165) is 16.9 Å². The van der Waals surface area contributed by atoms with Gasteiger partial charge in [-0.05, 0) is 47.3 Å². The molecule has 0 unspecified atom stereocenters. The Hall–Kier alpha value is -0.550. The van der Waals surface area contributed by atoms with Crippen LogP contribution in [0.2, 0.25) is 0 Å². The van der Waals surface area contributed by atoms with Crippen LogP contribution in [-0.4, -0.2) is 5.26 Å². The molecule has 124 valence electrons. The number of hydrogen-bond donors (Lipinski definition) is 1. The molecule has 0 saturated heterocycles. The van der Waals surface area contributed by atoms with Gasteiger partial charge in [-0.1, -0.05) is 64.1 Å². The van der Waals surface area contributed by atoms with Crippen molar-refractivity contribution in [2.75, 3.05) is 0 Å². The normalized spacial score (nSPS) is 16.7. The van der Waals surface area contributed by atoms with Crippen LogP contribution < -0.4 is 0 Å². The summed E-state index contributed by atoms with van der Waals surface area (Å²) in [6.07, 6.45) is 6.43. The summed E-state index contributed by atoms with van der Waals surface area (Å²) >= 11 is 1.14. The van der Waals surface area contributed by atoms with Crippen LogP contribution in [-0.2, 0) is 9.37 Å². The van der Waals surface area contributed by atoms with E-state index in [1.54, 1.807) is 0 Å². The fourth-order valence-electron chi connectivity index (χ4n) is 3.32. The van der Waals surface area contributed by atoms with E-state index in [4.69, 9.17) is 9.59 Å². The second kappa shape index (κ2) is 8.34. The molecule has 1 aromatic carbocycles. The quantitative estimate of drug-likeness (QED) is 0.373. The van der Waals surface area contributed by atoms with Crippen LogP contribution in [0.15, 0.2) is 17.0 Å². The van der Waals surface area contributed by atoms with Gasteiger partial charge in [0.05, 0.1) is 12.0 Å². The third-order valence-corrected chi connectivity index (χ3v) is 5.42. The van der Waals surface area contributed by atoms with Crippen molar-refractivity contribution in [1.29, 1.82) is 0 Å². The summed E-state index contributed by atoms with van der Waals surface area (Å²) in [5, 5.41) is 12.4. The van der Waals surface area contributed by atoms with E-state index in [0.29, 0.717) is 17.8 Å². The summed E-state index contributed by atoms with van der Waals surface area (Å²) in [6, 6.07) is 4.63. The third-order valence-electron chi connectivity index (χ3n) is 4.65. The molecule has 1 saturated carbocycles. The van der Waals surface area contributed by atoms with E-state index in [1.165, 1.54) is 48.8 Å². The lowest BCUT2D eigenvalue weighted by molar-refractivity contribution is -0.432. The molecule has 4 heteroatoms. The Kier molecular flexibility index (Phi) is 6.75. The molecule has 0 heterocycles. The Morgan fingerprint density at radius 1 is 1.05 bits per heavy atom. The Morgan fingerprint density at radius 3 is 2.27 bits per heavy atom. The van der Waals surface area contributed by atoms with Gasteiger partial charge in [0.25, 0.3) is 0 Å². The molecule has 0 aromatic heterocycles. The Bertz CT molecular complexity index is 479. The molecule has 0 spiro atoms. The molecular formula is C18H28O3S. The molecule has 0 aliphatic heterocycles. The first-order valence-corrected chi connectivity index (χ1v) is 9.11. The first-order valence-electron chi connectivity index (χ1n) is 8.37. The minimum Gasteiger partial charge on any atom is -0.220 e. The highest BCUT2D eigenvalue weighted by Crippen LogP contribution is 2.43. The first kappa shape index (κ1) is 17.8. The van der Waals surface area contributed by atoms with Gasteiger partial charge in [-0.15, -0.1) is 4.33 Å². The van der Waals surface area contributed by atoms with Crippen LogP contribution >= 0.6 is 12.0 Å². The van der Waals surface area contributed by atoms with Crippen molar-refractivity contribution in [3.8, 4) is 0 Å². The highest BCUT2D eigenvalue weighted by molar-refractivity contribution is 7.94. The Morgan fingerprint density at radius 2 is 1.73 bits per heavy atom. The Balaban J connectivity index is 2.48. The fourth-order valence-corrected chi connectivity index (χ4v) is 4.13. The molecule has 2 rings (SSSR count). The number of rotatable bonds is 6. The van der Waals surface area contributed by atoms with Crippen molar-refractivity contribution >= 4 is 12.0 Å². The molecule has 22 heavy (non-hydrogen) atoms. The van der Waals surface area contributed by atoms with Crippen LogP contribution in [0, 0.1) is 0 Å². The predicted molar refractivity (Wildman–Crippen MR) is 91.1 cm³/mol. The van der Waals surface area contributed by atoms with E-state index in [-0.39, 0.29) is 0 Å². The average Bonchev–Trinajstić information content (AvgIpc) is 2.52. The van der Waals surface area contributed by atoms with Gasteiger partial charge in [-0.2, -0.15) is 0 Å². The van der Waals surface area contributed by atoms with Gasteiger partial charge in [0, 0.05) is 4.90 Å². The fraction of sp³-hybridized carbons (Fsp3) is 0.667. The second-order valence-electron chi connectivity index (χ2n) is 6.90. The maximum atomic E-state index is 8.56. The molecule has 1 aliphatic rings. The average molecular weight is 324 g/mol. The molecule has 0 amide bonds. The van der Waals surface area contributed by atoms with E-state index < -0.39 is 0 Å². The third kappa shape index (κ3) is 4.25. The molecule has 0 atom stereocenters. The molecule has 1 aliphatic carbocycles. The topological polar surface area (TPSA) is 38.7 Å². The van der Waals surface area contributed by atoms with Crippen molar-refractivity contribution in [3.05, 3.63) is 28.8 Å². The molecule has 1 aromatic rings. The zero-order chi connectivity index (χ0) is 16.1. The van der Waals surface area contributed by atoms with Crippen molar-refractivity contribution in [3.63, 3.8) is 0 Å². The maximum absolute atomic E-state index is 8.56. The van der Waals surface area contributed by atoms with Crippen LogP contribution in [0.4, 0.5) is 0 Å². The van der Waals surface area contributed by atoms with Crippen molar-refractivity contribution in [2.45, 2.75) is 82.4 Å². The van der Waals surface area contributed by atoms with Gasteiger partial charge in [-0.25, -0.2) is 5.26 Å². The van der Waals surface area contributed by atoms with E-state index in [1.807, 2.05) is 0 Å². The largest absolute Gasteiger partial charge is 0.220 e. The molecule has 0 bridgehead atoms. The lowest BCUT2D eigenvalue weighted by Crippen LogP contribution is -2.09. The summed E-state index contributed by atoms with van der Waals surface area (Å²) in [6.45, 7) is 8.89. The van der Waals surface area contributed by atoms with Gasteiger partial charge in [0.2, 0.25) is 0 Å². The van der Waals surface area contributed by atoms with E-state index >= 15 is 0 Å². The lowest BCUT2D eigenvalue weighted by atomic mass is 9.81. The summed E-state index contributed by atoms with van der Waals surface area (Å²) in [4.78, 5) is 1.13. The van der Waals surface area contributed by atoms with Crippen LogP contribution in [0.1, 0.15) is 94.2 Å². The lowest BCUT2D eigenvalue weighted by Gasteiger charge is -2.27. The van der Waals surface area contributed by atoms with Crippen LogP contribution in [0.25, 0.3) is 0 Å². The predicted octanol–water partition coefficient (Wildman–Crippen LogP) is 6.41. The standard InChI is InChI=1S/C18H28O3S/c1-12(2)15-10-16(13(3)4)18(22-21-20-19)17(11-15)14-8-6-5-7-9-14/h10-14,19H,5-9H2,1-4H3. The molecule has 3 nitrogen and oxygen atoms in total. The van der Waals surface area contributed by atoms with Crippen molar-refractivity contribution in [2.24, 2.45) is 0 Å². The van der Waals surface area contributed by atoms with Crippen LogP contribution in [0.3, 0.4) is 0 Å². The second-order valence-corrected chi connectivity index (χ2v) is 7.61. The van der Waals surface area contributed by atoms with Crippen molar-refractivity contribution in [1.82, 2.24) is 0 Å².